The molecule has 0 aliphatic carbocycles. The molecule has 0 unspecified atom stereocenters. The first kappa shape index (κ1) is 14.0. The van der Waals surface area contributed by atoms with E-state index in [1.807, 2.05) is 39.8 Å². The van der Waals surface area contributed by atoms with Crippen LogP contribution in [-0.2, 0) is 9.31 Å². The van der Waals surface area contributed by atoms with E-state index in [2.05, 4.69) is 10.4 Å². The predicted octanol–water partition coefficient (Wildman–Crippen LogP) is 2.69. The van der Waals surface area contributed by atoms with E-state index in [1.165, 1.54) is 0 Å². The number of hydrogen-bond donors (Lipinski definition) is 2. The number of benzene rings is 1. The molecular formula is C13H20BN3O2. The molecule has 1 aliphatic rings. The van der Waals surface area contributed by atoms with Crippen LogP contribution in [0.15, 0.2) is 23.3 Å². The molecule has 0 bridgehead atoms. The van der Waals surface area contributed by atoms with E-state index in [9.17, 15) is 0 Å². The van der Waals surface area contributed by atoms with Gasteiger partial charge in [0.15, 0.2) is 0 Å². The van der Waals surface area contributed by atoms with Crippen LogP contribution in [0.4, 0.5) is 11.4 Å². The van der Waals surface area contributed by atoms with Gasteiger partial charge in [0, 0.05) is 7.05 Å². The normalized spacial score (nSPS) is 20.4. The molecule has 6 heteroatoms. The lowest BCUT2D eigenvalue weighted by Crippen LogP contribution is -2.41. The Morgan fingerprint density at radius 2 is 1.74 bits per heavy atom. The van der Waals surface area contributed by atoms with Crippen molar-refractivity contribution < 1.29 is 9.31 Å². The van der Waals surface area contributed by atoms with Crippen molar-refractivity contribution in [3.05, 3.63) is 18.2 Å². The van der Waals surface area contributed by atoms with Crippen LogP contribution in [0.25, 0.3) is 0 Å². The Labute approximate surface area is 114 Å². The van der Waals surface area contributed by atoms with E-state index in [-0.39, 0.29) is 11.2 Å². The zero-order valence-electron chi connectivity index (χ0n) is 12.1. The van der Waals surface area contributed by atoms with E-state index in [4.69, 9.17) is 14.8 Å². The Balaban J connectivity index is 2.32. The summed E-state index contributed by atoms with van der Waals surface area (Å²) in [6.07, 6.45) is 0. The molecule has 0 atom stereocenters. The van der Waals surface area contributed by atoms with Crippen LogP contribution in [0.1, 0.15) is 27.7 Å². The third kappa shape index (κ3) is 2.38. The van der Waals surface area contributed by atoms with Crippen LogP contribution in [-0.4, -0.2) is 25.4 Å². The van der Waals surface area contributed by atoms with Crippen molar-refractivity contribution >= 4 is 24.0 Å². The Morgan fingerprint density at radius 1 is 1.16 bits per heavy atom. The highest BCUT2D eigenvalue weighted by Gasteiger charge is 2.51. The average Bonchev–Trinajstić information content (AvgIpc) is 2.57. The molecule has 2 rings (SSSR count). The summed E-state index contributed by atoms with van der Waals surface area (Å²) >= 11 is 0. The Kier molecular flexibility index (Phi) is 3.41. The van der Waals surface area contributed by atoms with Gasteiger partial charge in [0.25, 0.3) is 0 Å². The van der Waals surface area contributed by atoms with Crippen molar-refractivity contribution in [2.45, 2.75) is 38.9 Å². The third-order valence-corrected chi connectivity index (χ3v) is 3.94. The third-order valence-electron chi connectivity index (χ3n) is 3.94. The van der Waals surface area contributed by atoms with Gasteiger partial charge in [0.05, 0.1) is 16.9 Å². The molecule has 1 heterocycles. The van der Waals surface area contributed by atoms with Crippen LogP contribution < -0.4 is 10.8 Å². The number of hydrogen-bond acceptors (Lipinski definition) is 5. The van der Waals surface area contributed by atoms with Gasteiger partial charge < -0.3 is 14.6 Å². The van der Waals surface area contributed by atoms with E-state index < -0.39 is 7.12 Å². The van der Waals surface area contributed by atoms with Gasteiger partial charge in [-0.2, -0.15) is 5.11 Å². The maximum Gasteiger partial charge on any atom is 0.494 e. The molecule has 5 nitrogen and oxygen atoms in total. The lowest BCUT2D eigenvalue weighted by atomic mass is 9.79. The lowest BCUT2D eigenvalue weighted by Gasteiger charge is -2.32. The Morgan fingerprint density at radius 3 is 2.21 bits per heavy atom. The van der Waals surface area contributed by atoms with Crippen LogP contribution >= 0.6 is 0 Å². The number of nitrogens with zero attached hydrogens (tertiary/aromatic N) is 1. The van der Waals surface area contributed by atoms with E-state index in [0.29, 0.717) is 5.69 Å². The highest BCUT2D eigenvalue weighted by molar-refractivity contribution is 6.62. The van der Waals surface area contributed by atoms with Crippen molar-refractivity contribution in [3.8, 4) is 0 Å². The minimum absolute atomic E-state index is 0.351. The van der Waals surface area contributed by atoms with Gasteiger partial charge in [-0.15, -0.1) is 0 Å². The highest BCUT2D eigenvalue weighted by atomic mass is 16.7. The van der Waals surface area contributed by atoms with Gasteiger partial charge in [0.2, 0.25) is 0 Å². The van der Waals surface area contributed by atoms with Gasteiger partial charge in [-0.05, 0) is 45.3 Å². The molecule has 2 N–H and O–H groups in total. The minimum atomic E-state index is -0.392. The van der Waals surface area contributed by atoms with Crippen LogP contribution in [0.3, 0.4) is 0 Å². The summed E-state index contributed by atoms with van der Waals surface area (Å²) in [5.74, 6) is 0. The largest absolute Gasteiger partial charge is 0.494 e. The summed E-state index contributed by atoms with van der Waals surface area (Å²) in [5.41, 5.74) is 8.73. The second-order valence-electron chi connectivity index (χ2n) is 5.73. The SMILES string of the molecule is CNc1cc(B2OC(C)(C)C(C)(C)O2)ccc1N=N. The van der Waals surface area contributed by atoms with E-state index in [0.717, 1.165) is 11.2 Å². The molecule has 1 saturated heterocycles. The van der Waals surface area contributed by atoms with Crippen molar-refractivity contribution in [2.75, 3.05) is 12.4 Å². The Bertz CT molecular complexity index is 487. The van der Waals surface area contributed by atoms with Gasteiger partial charge in [0.1, 0.15) is 5.69 Å². The predicted molar refractivity (Wildman–Crippen MR) is 76.5 cm³/mol. The van der Waals surface area contributed by atoms with Crippen molar-refractivity contribution in [3.63, 3.8) is 0 Å². The molecule has 1 aromatic carbocycles. The molecule has 1 aromatic rings. The summed E-state index contributed by atoms with van der Waals surface area (Å²) in [4.78, 5) is 0. The zero-order chi connectivity index (χ0) is 14.3. The summed E-state index contributed by atoms with van der Waals surface area (Å²) in [7, 11) is 1.41. The molecule has 0 saturated carbocycles. The van der Waals surface area contributed by atoms with Crippen LogP contribution in [0, 0.1) is 5.53 Å². The summed E-state index contributed by atoms with van der Waals surface area (Å²) in [6.45, 7) is 8.11. The molecule has 19 heavy (non-hydrogen) atoms. The minimum Gasteiger partial charge on any atom is -0.399 e. The molecule has 1 aliphatic heterocycles. The topological polar surface area (TPSA) is 66.7 Å². The number of anilines is 1. The summed E-state index contributed by atoms with van der Waals surface area (Å²) < 4.78 is 12.0. The Hall–Kier alpha value is -1.40. The fraction of sp³-hybridized carbons (Fsp3) is 0.538. The second-order valence-corrected chi connectivity index (χ2v) is 5.73. The standard InChI is InChI=1S/C13H20BN3O2/c1-12(2)13(3,4)19-14(18-12)9-6-7-10(17-15)11(8-9)16-5/h6-8,15-16H,1-5H3. The van der Waals surface area contributed by atoms with Gasteiger partial charge in [-0.3, -0.25) is 0 Å². The van der Waals surface area contributed by atoms with Gasteiger partial charge in [-0.1, -0.05) is 6.07 Å². The molecule has 0 amide bonds. The quantitative estimate of drug-likeness (QED) is 0.649. The zero-order valence-corrected chi connectivity index (χ0v) is 12.1. The first-order valence-corrected chi connectivity index (χ1v) is 6.35. The fourth-order valence-corrected chi connectivity index (χ4v) is 1.98. The smallest absolute Gasteiger partial charge is 0.399 e. The molecule has 0 aromatic heterocycles. The van der Waals surface area contributed by atoms with E-state index >= 15 is 0 Å². The number of rotatable bonds is 3. The highest BCUT2D eigenvalue weighted by Crippen LogP contribution is 2.37. The molecule has 1 fully saturated rings. The van der Waals surface area contributed by atoms with Crippen LogP contribution in [0.2, 0.25) is 0 Å². The maximum absolute atomic E-state index is 7.12. The summed E-state index contributed by atoms with van der Waals surface area (Å²) in [5, 5.41) is 6.50. The van der Waals surface area contributed by atoms with Crippen molar-refractivity contribution in [2.24, 2.45) is 5.11 Å². The summed E-state index contributed by atoms with van der Waals surface area (Å²) in [6, 6.07) is 5.59. The maximum atomic E-state index is 7.12. The molecule has 102 valence electrons. The lowest BCUT2D eigenvalue weighted by molar-refractivity contribution is 0.00578. The molecule has 0 spiro atoms. The average molecular weight is 261 g/mol. The second kappa shape index (κ2) is 4.61. The van der Waals surface area contributed by atoms with Gasteiger partial charge in [-0.25, -0.2) is 5.53 Å². The monoisotopic (exact) mass is 261 g/mol. The first-order valence-electron chi connectivity index (χ1n) is 6.35. The van der Waals surface area contributed by atoms with E-state index in [1.54, 1.807) is 13.1 Å². The van der Waals surface area contributed by atoms with Crippen molar-refractivity contribution in [1.29, 1.82) is 5.53 Å². The number of nitrogens with one attached hydrogen (secondary N) is 2. The van der Waals surface area contributed by atoms with Gasteiger partial charge >= 0.3 is 7.12 Å². The first-order chi connectivity index (χ1) is 8.80. The molecule has 0 radical (unpaired) electrons. The van der Waals surface area contributed by atoms with Crippen LogP contribution in [0.5, 0.6) is 0 Å². The molecular weight excluding hydrogens is 241 g/mol. The van der Waals surface area contributed by atoms with Crippen molar-refractivity contribution in [1.82, 2.24) is 0 Å². The fourth-order valence-electron chi connectivity index (χ4n) is 1.98.